The molecule has 4 N–H and O–H groups in total. The minimum Gasteiger partial charge on any atom is -0.477 e. The second kappa shape index (κ2) is 9.45. The number of carbonyl (C=O) groups excluding carboxylic acids is 1. The predicted molar refractivity (Wildman–Crippen MR) is 114 cm³/mol. The summed E-state index contributed by atoms with van der Waals surface area (Å²) in [7, 11) is -4.29. The van der Waals surface area contributed by atoms with Gasteiger partial charge in [-0.1, -0.05) is 39.3 Å². The number of urea groups is 1. The number of aliphatic imine (C=N–C) groups is 1. The van der Waals surface area contributed by atoms with Crippen molar-refractivity contribution in [1.82, 2.24) is 9.71 Å². The number of halogens is 1. The number of rotatable bonds is 6. The number of aromatic nitrogens is 1. The maximum atomic E-state index is 12.6. The number of hydrogen-bond donors (Lipinski definition) is 3. The molecule has 1 aliphatic rings. The summed E-state index contributed by atoms with van der Waals surface area (Å²) in [5, 5.41) is 2.91. The molecule has 2 rings (SSSR count). The minimum absolute atomic E-state index is 0.0180. The first-order valence-corrected chi connectivity index (χ1v) is 11.1. The Morgan fingerprint density at radius 1 is 1.31 bits per heavy atom. The third kappa shape index (κ3) is 5.60. The largest absolute Gasteiger partial charge is 0.477 e. The Morgan fingerprint density at radius 3 is 2.52 bits per heavy atom. The second-order valence-corrected chi connectivity index (χ2v) is 9.12. The van der Waals surface area contributed by atoms with Gasteiger partial charge in [0.05, 0.1) is 18.0 Å². The van der Waals surface area contributed by atoms with Gasteiger partial charge in [-0.05, 0) is 23.5 Å². The number of amides is 2. The maximum Gasteiger partial charge on any atom is 0.333 e. The van der Waals surface area contributed by atoms with E-state index in [1.54, 1.807) is 6.07 Å². The van der Waals surface area contributed by atoms with Crippen LogP contribution in [0.4, 0.5) is 10.5 Å². The molecule has 2 heterocycles. The molecule has 1 aromatic heterocycles. The van der Waals surface area contributed by atoms with Gasteiger partial charge in [-0.3, -0.25) is 4.99 Å². The van der Waals surface area contributed by atoms with Crippen LogP contribution in [0.5, 0.6) is 0 Å². The van der Waals surface area contributed by atoms with Crippen LogP contribution < -0.4 is 15.8 Å². The lowest BCUT2D eigenvalue weighted by Crippen LogP contribution is -2.38. The molecule has 0 bridgehead atoms. The number of hydrogen-bond acceptors (Lipinski definition) is 7. The van der Waals surface area contributed by atoms with Gasteiger partial charge in [0.25, 0.3) is 10.0 Å². The second-order valence-electron chi connectivity index (χ2n) is 7.08. The summed E-state index contributed by atoms with van der Waals surface area (Å²) in [6, 6.07) is 0.701. The molecule has 160 valence electrons. The van der Waals surface area contributed by atoms with E-state index in [0.29, 0.717) is 36.1 Å². The zero-order valence-corrected chi connectivity index (χ0v) is 18.4. The van der Waals surface area contributed by atoms with Crippen LogP contribution in [0.3, 0.4) is 0 Å². The van der Waals surface area contributed by atoms with Crippen molar-refractivity contribution in [3.8, 4) is 0 Å². The first-order valence-electron chi connectivity index (χ1n) is 9.20. The quantitative estimate of drug-likeness (QED) is 0.578. The number of nitrogens with two attached hydrogens (primary N) is 1. The smallest absolute Gasteiger partial charge is 0.333 e. The van der Waals surface area contributed by atoms with E-state index in [4.69, 9.17) is 22.1 Å². The van der Waals surface area contributed by atoms with Crippen LogP contribution in [0.2, 0.25) is 5.15 Å². The summed E-state index contributed by atoms with van der Waals surface area (Å²) in [5.41, 5.74) is 7.20. The Hall–Kier alpha value is -2.33. The van der Waals surface area contributed by atoms with Gasteiger partial charge in [-0.15, -0.1) is 0 Å². The van der Waals surface area contributed by atoms with Crippen LogP contribution in [0.15, 0.2) is 22.2 Å². The molecule has 0 fully saturated rings. The number of sulfonamides is 1. The Morgan fingerprint density at radius 2 is 2.00 bits per heavy atom. The zero-order valence-electron chi connectivity index (χ0n) is 16.8. The van der Waals surface area contributed by atoms with Crippen LogP contribution in [0.25, 0.3) is 0 Å². The maximum absolute atomic E-state index is 12.6. The lowest BCUT2D eigenvalue weighted by molar-refractivity contribution is 0.256. The molecule has 0 saturated heterocycles. The van der Waals surface area contributed by atoms with E-state index >= 15 is 0 Å². The van der Waals surface area contributed by atoms with Crippen LogP contribution in [-0.4, -0.2) is 38.5 Å². The van der Waals surface area contributed by atoms with E-state index in [1.807, 2.05) is 32.4 Å². The molecule has 29 heavy (non-hydrogen) atoms. The van der Waals surface area contributed by atoms with E-state index < -0.39 is 21.0 Å². The molecule has 1 aromatic rings. The van der Waals surface area contributed by atoms with E-state index in [9.17, 15) is 13.2 Å². The fourth-order valence-electron chi connectivity index (χ4n) is 2.76. The van der Waals surface area contributed by atoms with Crippen molar-refractivity contribution in [2.45, 2.75) is 46.0 Å². The lowest BCUT2D eigenvalue weighted by Gasteiger charge is -2.20. The van der Waals surface area contributed by atoms with Gasteiger partial charge in [-0.25, -0.2) is 22.9 Å². The van der Waals surface area contributed by atoms with Crippen molar-refractivity contribution in [2.24, 2.45) is 10.7 Å². The summed E-state index contributed by atoms with van der Waals surface area (Å²) in [5.74, 6) is -0.148. The molecule has 0 atom stereocenters. The molecule has 0 spiro atoms. The molecule has 2 amide bonds. The van der Waals surface area contributed by atoms with Gasteiger partial charge in [-0.2, -0.15) is 0 Å². The molecular weight excluding hydrogens is 418 g/mol. The first-order chi connectivity index (χ1) is 13.6. The van der Waals surface area contributed by atoms with Gasteiger partial charge in [0.2, 0.25) is 5.90 Å². The highest BCUT2D eigenvalue weighted by Crippen LogP contribution is 2.33. The number of anilines is 1. The fraction of sp³-hybridized carbons (Fsp3) is 0.500. The Bertz CT molecular complexity index is 913. The highest BCUT2D eigenvalue weighted by Gasteiger charge is 2.28. The summed E-state index contributed by atoms with van der Waals surface area (Å²) in [6.45, 7) is 8.41. The third-order valence-corrected chi connectivity index (χ3v) is 5.67. The summed E-state index contributed by atoms with van der Waals surface area (Å²) >= 11 is 6.12. The van der Waals surface area contributed by atoms with Crippen LogP contribution in [0.1, 0.15) is 57.2 Å². The molecular formula is C18H26ClN5O4S. The van der Waals surface area contributed by atoms with E-state index in [0.717, 1.165) is 11.8 Å². The molecule has 11 heteroatoms. The fourth-order valence-corrected chi connectivity index (χ4v) is 3.91. The van der Waals surface area contributed by atoms with Crippen molar-refractivity contribution < 1.29 is 17.9 Å². The van der Waals surface area contributed by atoms with E-state index in [-0.39, 0.29) is 17.7 Å². The zero-order chi connectivity index (χ0) is 21.8. The molecule has 0 aromatic carbocycles. The number of nitrogens with zero attached hydrogens (tertiary/aromatic N) is 2. The molecule has 1 aliphatic heterocycles. The molecule has 9 nitrogen and oxygen atoms in total. The van der Waals surface area contributed by atoms with Crippen molar-refractivity contribution in [3.63, 3.8) is 0 Å². The minimum atomic E-state index is -4.29. The van der Waals surface area contributed by atoms with Crippen LogP contribution in [-0.2, 0) is 14.8 Å². The summed E-state index contributed by atoms with van der Waals surface area (Å²) in [6.07, 6.45) is 1.53. The van der Waals surface area contributed by atoms with E-state index in [1.165, 1.54) is 0 Å². The van der Waals surface area contributed by atoms with Gasteiger partial charge in [0.1, 0.15) is 5.15 Å². The average Bonchev–Trinajstić information content (AvgIpc) is 2.63. The monoisotopic (exact) mass is 443 g/mol. The van der Waals surface area contributed by atoms with Gasteiger partial charge >= 0.3 is 6.03 Å². The molecule has 0 aliphatic carbocycles. The summed E-state index contributed by atoms with van der Waals surface area (Å²) < 4.78 is 32.5. The van der Waals surface area contributed by atoms with Gasteiger partial charge in [0, 0.05) is 19.2 Å². The average molecular weight is 444 g/mol. The molecule has 0 saturated carbocycles. The lowest BCUT2D eigenvalue weighted by atomic mass is 9.97. The SMILES string of the molecule is CC(C)c1cc(Cl)nc(C(C)C)c1NC(=O)NS(=O)(=O)C(=CN)C1=NCCCO1. The van der Waals surface area contributed by atoms with Crippen LogP contribution >= 0.6 is 11.6 Å². The highest BCUT2D eigenvalue weighted by molar-refractivity contribution is 7.94. The van der Waals surface area contributed by atoms with Gasteiger partial charge in [0.15, 0.2) is 4.91 Å². The standard InChI is InChI=1S/C18H26ClN5O4S/c1-10(2)12-8-14(19)22-15(11(3)4)16(12)23-18(25)24-29(26,27)13(9-20)17-21-6-5-7-28-17/h8-11H,5-7,20H2,1-4H3,(H2,23,24,25). The number of nitrogens with one attached hydrogen (secondary N) is 2. The van der Waals surface area contributed by atoms with Crippen molar-refractivity contribution in [1.29, 1.82) is 0 Å². The topological polar surface area (TPSA) is 136 Å². The van der Waals surface area contributed by atoms with Crippen molar-refractivity contribution >= 4 is 39.2 Å². The Balaban J connectivity index is 2.32. The van der Waals surface area contributed by atoms with Crippen molar-refractivity contribution in [3.05, 3.63) is 33.6 Å². The van der Waals surface area contributed by atoms with Gasteiger partial charge < -0.3 is 15.8 Å². The third-order valence-electron chi connectivity index (χ3n) is 4.13. The normalized spacial score (nSPS) is 15.1. The highest BCUT2D eigenvalue weighted by atomic mass is 35.5. The first kappa shape index (κ1) is 23.0. The molecule has 0 radical (unpaired) electrons. The Kier molecular flexibility index (Phi) is 7.48. The van der Waals surface area contributed by atoms with E-state index in [2.05, 4.69) is 15.3 Å². The van der Waals surface area contributed by atoms with Crippen molar-refractivity contribution in [2.75, 3.05) is 18.5 Å². The van der Waals surface area contributed by atoms with Crippen LogP contribution in [0, 0.1) is 0 Å². The number of ether oxygens (including phenoxy) is 1. The predicted octanol–water partition coefficient (Wildman–Crippen LogP) is 3.05. The number of pyridine rings is 1. The Labute approximate surface area is 175 Å². The summed E-state index contributed by atoms with van der Waals surface area (Å²) in [4.78, 5) is 20.5. The number of carbonyl (C=O) groups is 1. The molecule has 0 unspecified atom stereocenters.